The molecule has 2 heterocycles. The Morgan fingerprint density at radius 1 is 0.525 bits per heavy atom. The maximum atomic E-state index is 13.8. The lowest BCUT2D eigenvalue weighted by atomic mass is 10.00. The molecular formula is C40H60N10O9. The molecule has 3 rings (SSSR count). The van der Waals surface area contributed by atoms with Gasteiger partial charge in [-0.2, -0.15) is 0 Å². The number of amides is 9. The zero-order valence-corrected chi connectivity index (χ0v) is 35.0. The minimum absolute atomic E-state index is 0.00545. The first-order valence-corrected chi connectivity index (χ1v) is 19.9. The fourth-order valence-corrected chi connectivity index (χ4v) is 6.32. The maximum Gasteiger partial charge on any atom is 0.243 e. The van der Waals surface area contributed by atoms with Crippen LogP contribution in [-0.4, -0.2) is 114 Å². The summed E-state index contributed by atoms with van der Waals surface area (Å²) in [6.45, 7) is 11.9. The number of hydrogen-bond acceptors (Lipinski definition) is 9. The van der Waals surface area contributed by atoms with Crippen LogP contribution in [0.4, 0.5) is 0 Å². The summed E-state index contributed by atoms with van der Waals surface area (Å²) < 4.78 is 0. The van der Waals surface area contributed by atoms with Crippen molar-refractivity contribution >= 4 is 64.1 Å². The molecule has 2 aromatic rings. The first-order valence-electron chi connectivity index (χ1n) is 19.9. The highest BCUT2D eigenvalue weighted by Crippen LogP contribution is 2.19. The molecular weight excluding hydrogens is 765 g/mol. The van der Waals surface area contributed by atoms with E-state index in [-0.39, 0.29) is 31.1 Å². The minimum Gasteiger partial charge on any atom is -0.361 e. The van der Waals surface area contributed by atoms with Gasteiger partial charge in [-0.05, 0) is 56.1 Å². The van der Waals surface area contributed by atoms with E-state index in [1.165, 1.54) is 13.8 Å². The Morgan fingerprint density at radius 2 is 1.05 bits per heavy atom. The first-order chi connectivity index (χ1) is 27.7. The van der Waals surface area contributed by atoms with E-state index in [4.69, 9.17) is 0 Å². The van der Waals surface area contributed by atoms with E-state index in [0.717, 1.165) is 10.9 Å². The van der Waals surface area contributed by atoms with Crippen molar-refractivity contribution < 1.29 is 43.2 Å². The van der Waals surface area contributed by atoms with Crippen molar-refractivity contribution in [2.24, 2.45) is 17.8 Å². The number of nitrogens with one attached hydrogen (secondary N) is 10. The summed E-state index contributed by atoms with van der Waals surface area (Å²) in [6.07, 6.45) is 2.09. The number of fused-ring (bicyclic) bond motifs is 1. The van der Waals surface area contributed by atoms with E-state index in [0.29, 0.717) is 5.56 Å². The molecule has 1 aromatic carbocycles. The summed E-state index contributed by atoms with van der Waals surface area (Å²) in [5.74, 6) is -6.96. The molecule has 19 nitrogen and oxygen atoms in total. The SMILES string of the molecule is CC(C)CC1NC(=O)CNC(=O)CNC(=O)C(C)NC(=O)C(Cc2c[nH]c3ccccc23)NC(=O)C(C(C)C)NC(=O)C(C)NC(=O)CNC(=O)C(CC(C)C)NC1=O. The van der Waals surface area contributed by atoms with E-state index in [1.54, 1.807) is 20.0 Å². The molecule has 0 bridgehead atoms. The number of H-pyrrole nitrogens is 1. The van der Waals surface area contributed by atoms with Crippen molar-refractivity contribution in [2.75, 3.05) is 19.6 Å². The third kappa shape index (κ3) is 15.0. The van der Waals surface area contributed by atoms with Crippen LogP contribution in [0, 0.1) is 17.8 Å². The van der Waals surface area contributed by atoms with Gasteiger partial charge in [-0.3, -0.25) is 43.2 Å². The number of aromatic nitrogens is 1. The average Bonchev–Trinajstić information content (AvgIpc) is 3.57. The van der Waals surface area contributed by atoms with Crippen molar-refractivity contribution in [2.45, 2.75) is 111 Å². The van der Waals surface area contributed by atoms with Crippen LogP contribution in [0.1, 0.15) is 73.8 Å². The number of para-hydroxylation sites is 1. The molecule has 59 heavy (non-hydrogen) atoms. The smallest absolute Gasteiger partial charge is 0.243 e. The zero-order valence-electron chi connectivity index (χ0n) is 35.0. The Hall–Kier alpha value is -6.01. The first kappa shape index (κ1) is 47.4. The molecule has 1 aromatic heterocycles. The number of rotatable bonds is 7. The summed E-state index contributed by atoms with van der Waals surface area (Å²) in [4.78, 5) is 122. The topological polar surface area (TPSA) is 278 Å². The molecule has 0 spiro atoms. The highest BCUT2D eigenvalue weighted by Gasteiger charge is 2.33. The third-order valence-corrected chi connectivity index (χ3v) is 9.49. The summed E-state index contributed by atoms with van der Waals surface area (Å²) in [7, 11) is 0. The Kier molecular flexibility index (Phi) is 17.8. The van der Waals surface area contributed by atoms with Gasteiger partial charge in [-0.15, -0.1) is 0 Å². The Bertz CT molecular complexity index is 1860. The minimum atomic E-state index is -1.24. The Balaban J connectivity index is 1.90. The third-order valence-electron chi connectivity index (χ3n) is 9.49. The van der Waals surface area contributed by atoms with E-state index in [1.807, 2.05) is 52.0 Å². The molecule has 324 valence electrons. The standard InChI is InChI=1S/C40H60N10O9/c1-20(2)13-28-37(56)44-19-32(52)45-24(8)36(55)50-34(22(5)6)40(59)49-30(15-25-16-41-27-12-10-9-11-26(25)27)38(57)46-23(7)35(54)43-17-31(51)42-18-33(53)47-29(14-21(3)4)39(58)48-28/h9-12,16,20-24,28-30,34,41H,13-15,17-19H2,1-8H3,(H,42,51)(H,43,54)(H,44,56)(H,45,52)(H,46,57)(H,47,53)(H,48,58)(H,49,59)(H,50,55). The summed E-state index contributed by atoms with van der Waals surface area (Å²) in [6, 6.07) is 0.462. The molecule has 6 atom stereocenters. The second-order valence-electron chi connectivity index (χ2n) is 16.0. The van der Waals surface area contributed by atoms with Crippen LogP contribution in [0.2, 0.25) is 0 Å². The van der Waals surface area contributed by atoms with Crippen LogP contribution in [0.3, 0.4) is 0 Å². The van der Waals surface area contributed by atoms with E-state index >= 15 is 0 Å². The van der Waals surface area contributed by atoms with Crippen LogP contribution in [0.5, 0.6) is 0 Å². The lowest BCUT2D eigenvalue weighted by Gasteiger charge is -2.27. The Labute approximate surface area is 343 Å². The number of carbonyl (C=O) groups is 9. The fourth-order valence-electron chi connectivity index (χ4n) is 6.32. The molecule has 19 heteroatoms. The quantitative estimate of drug-likeness (QED) is 0.160. The summed E-state index contributed by atoms with van der Waals surface area (Å²) >= 11 is 0. The summed E-state index contributed by atoms with van der Waals surface area (Å²) in [5, 5.41) is 23.8. The van der Waals surface area contributed by atoms with E-state index in [2.05, 4.69) is 52.8 Å². The molecule has 9 amide bonds. The van der Waals surface area contributed by atoms with Gasteiger partial charge < -0.3 is 52.8 Å². The molecule has 1 fully saturated rings. The number of aromatic amines is 1. The molecule has 1 aliphatic heterocycles. The van der Waals surface area contributed by atoms with E-state index in [9.17, 15) is 43.2 Å². The second-order valence-corrected chi connectivity index (χ2v) is 16.0. The number of carbonyl (C=O) groups excluding carboxylic acids is 9. The molecule has 0 radical (unpaired) electrons. The van der Waals surface area contributed by atoms with Crippen molar-refractivity contribution in [3.63, 3.8) is 0 Å². The van der Waals surface area contributed by atoms with Gasteiger partial charge in [0, 0.05) is 23.5 Å². The van der Waals surface area contributed by atoms with Crippen LogP contribution in [-0.2, 0) is 49.6 Å². The summed E-state index contributed by atoms with van der Waals surface area (Å²) in [5.41, 5.74) is 1.48. The molecule has 0 saturated carbocycles. The lowest BCUT2D eigenvalue weighted by molar-refractivity contribution is -0.135. The van der Waals surface area contributed by atoms with Crippen LogP contribution < -0.4 is 47.9 Å². The number of hydrogen-bond donors (Lipinski definition) is 10. The van der Waals surface area contributed by atoms with Gasteiger partial charge in [-0.1, -0.05) is 59.7 Å². The monoisotopic (exact) mass is 824 g/mol. The molecule has 6 unspecified atom stereocenters. The predicted octanol–water partition coefficient (Wildman–Crippen LogP) is -1.23. The van der Waals surface area contributed by atoms with Gasteiger partial charge in [0.1, 0.15) is 36.3 Å². The molecule has 0 aliphatic carbocycles. The predicted molar refractivity (Wildman–Crippen MR) is 218 cm³/mol. The Morgan fingerprint density at radius 3 is 1.69 bits per heavy atom. The van der Waals surface area contributed by atoms with Crippen molar-refractivity contribution in [3.05, 3.63) is 36.0 Å². The average molecular weight is 825 g/mol. The highest BCUT2D eigenvalue weighted by atomic mass is 16.2. The maximum absolute atomic E-state index is 13.8. The fraction of sp³-hybridized carbons (Fsp3) is 0.575. The van der Waals surface area contributed by atoms with Crippen LogP contribution in [0.25, 0.3) is 10.9 Å². The van der Waals surface area contributed by atoms with Gasteiger partial charge in [-0.25, -0.2) is 0 Å². The van der Waals surface area contributed by atoms with Gasteiger partial charge in [0.25, 0.3) is 0 Å². The molecule has 10 N–H and O–H groups in total. The van der Waals surface area contributed by atoms with Crippen molar-refractivity contribution in [3.8, 4) is 0 Å². The van der Waals surface area contributed by atoms with E-state index < -0.39 is 115 Å². The van der Waals surface area contributed by atoms with Gasteiger partial charge in [0.15, 0.2) is 0 Å². The largest absolute Gasteiger partial charge is 0.361 e. The van der Waals surface area contributed by atoms with Gasteiger partial charge >= 0.3 is 0 Å². The van der Waals surface area contributed by atoms with Crippen molar-refractivity contribution in [1.82, 2.24) is 52.8 Å². The molecule has 1 saturated heterocycles. The second kappa shape index (κ2) is 22.2. The lowest BCUT2D eigenvalue weighted by Crippen LogP contribution is -2.59. The van der Waals surface area contributed by atoms with Crippen LogP contribution in [0.15, 0.2) is 30.5 Å². The highest BCUT2D eigenvalue weighted by molar-refractivity contribution is 5.98. The normalized spacial score (nSPS) is 24.6. The molecule has 1 aliphatic rings. The zero-order chi connectivity index (χ0) is 44.0. The van der Waals surface area contributed by atoms with Gasteiger partial charge in [0.05, 0.1) is 19.6 Å². The van der Waals surface area contributed by atoms with Crippen LogP contribution >= 0.6 is 0 Å². The number of benzene rings is 1. The van der Waals surface area contributed by atoms with Gasteiger partial charge in [0.2, 0.25) is 53.2 Å². The van der Waals surface area contributed by atoms with Crippen molar-refractivity contribution in [1.29, 1.82) is 0 Å².